The highest BCUT2D eigenvalue weighted by Gasteiger charge is 2.11. The molecule has 0 spiro atoms. The quantitative estimate of drug-likeness (QED) is 0.510. The summed E-state index contributed by atoms with van der Waals surface area (Å²) < 4.78 is 11.0. The zero-order chi connectivity index (χ0) is 13.2. The molecule has 3 rings (SSSR count). The van der Waals surface area contributed by atoms with Crippen molar-refractivity contribution in [1.29, 1.82) is 0 Å². The number of carbonyl (C=O) groups is 1. The molecule has 94 valence electrons. The summed E-state index contributed by atoms with van der Waals surface area (Å²) in [5, 5.41) is 0.802. The molecule has 0 fully saturated rings. The molecule has 0 aliphatic carbocycles. The molecule has 0 atom stereocenters. The van der Waals surface area contributed by atoms with Crippen molar-refractivity contribution >= 4 is 16.9 Å². The topological polar surface area (TPSA) is 39.4 Å². The van der Waals surface area contributed by atoms with Crippen LogP contribution in [0.15, 0.2) is 59.0 Å². The normalized spacial score (nSPS) is 10.6. The molecule has 0 unspecified atom stereocenters. The average Bonchev–Trinajstić information content (AvgIpc) is 2.84. The number of hydrogen-bond acceptors (Lipinski definition) is 3. The number of benzene rings is 2. The average molecular weight is 252 g/mol. The Bertz CT molecular complexity index is 726. The van der Waals surface area contributed by atoms with Crippen LogP contribution in [0.3, 0.4) is 0 Å². The molecule has 2 aromatic carbocycles. The molecule has 0 saturated heterocycles. The molecule has 0 aliphatic heterocycles. The van der Waals surface area contributed by atoms with E-state index >= 15 is 0 Å². The van der Waals surface area contributed by atoms with Crippen molar-refractivity contribution in [2.45, 2.75) is 6.92 Å². The lowest BCUT2D eigenvalue weighted by atomic mass is 10.1. The maximum absolute atomic E-state index is 11.1. The molecule has 0 bridgehead atoms. The number of furan rings is 1. The number of hydrogen-bond donors (Lipinski definition) is 0. The van der Waals surface area contributed by atoms with E-state index in [2.05, 4.69) is 0 Å². The molecule has 0 radical (unpaired) electrons. The molecule has 0 amide bonds. The first kappa shape index (κ1) is 11.5. The van der Waals surface area contributed by atoms with Gasteiger partial charge in [0.05, 0.1) is 5.39 Å². The van der Waals surface area contributed by atoms with Gasteiger partial charge in [-0.3, -0.25) is 4.79 Å². The van der Waals surface area contributed by atoms with Crippen molar-refractivity contribution in [3.05, 3.63) is 54.6 Å². The summed E-state index contributed by atoms with van der Waals surface area (Å²) in [5.74, 6) is 0.945. The van der Waals surface area contributed by atoms with E-state index in [1.807, 2.05) is 42.5 Å². The second-order valence-electron chi connectivity index (χ2n) is 4.24. The van der Waals surface area contributed by atoms with Crippen LogP contribution >= 0.6 is 0 Å². The van der Waals surface area contributed by atoms with Crippen molar-refractivity contribution in [3.63, 3.8) is 0 Å². The van der Waals surface area contributed by atoms with E-state index in [0.717, 1.165) is 16.7 Å². The highest BCUT2D eigenvalue weighted by atomic mass is 16.5. The summed E-state index contributed by atoms with van der Waals surface area (Å²) in [6, 6.07) is 17.1. The predicted molar refractivity (Wildman–Crippen MR) is 73.0 cm³/mol. The maximum atomic E-state index is 11.1. The lowest BCUT2D eigenvalue weighted by molar-refractivity contribution is -0.131. The van der Waals surface area contributed by atoms with Gasteiger partial charge < -0.3 is 9.15 Å². The maximum Gasteiger partial charge on any atom is 0.308 e. The van der Waals surface area contributed by atoms with Gasteiger partial charge >= 0.3 is 5.97 Å². The minimum Gasteiger partial charge on any atom is -0.456 e. The van der Waals surface area contributed by atoms with E-state index in [1.54, 1.807) is 12.1 Å². The summed E-state index contributed by atoms with van der Waals surface area (Å²) in [5.41, 5.74) is 1.70. The van der Waals surface area contributed by atoms with E-state index in [1.165, 1.54) is 6.92 Å². The molecule has 3 nitrogen and oxygen atoms in total. The van der Waals surface area contributed by atoms with Crippen LogP contribution in [0.2, 0.25) is 0 Å². The Morgan fingerprint density at radius 2 is 1.84 bits per heavy atom. The fourth-order valence-electron chi connectivity index (χ4n) is 2.02. The molecular weight excluding hydrogens is 240 g/mol. The van der Waals surface area contributed by atoms with Crippen molar-refractivity contribution in [2.24, 2.45) is 0 Å². The fourth-order valence-corrected chi connectivity index (χ4v) is 2.02. The van der Waals surface area contributed by atoms with E-state index in [-0.39, 0.29) is 5.97 Å². The SMILES string of the molecule is CC(=O)Oc1cccc2oc(-c3ccccc3)cc12. The fraction of sp³-hybridized carbons (Fsp3) is 0.0625. The molecule has 3 aromatic rings. The third-order valence-electron chi connectivity index (χ3n) is 2.83. The monoisotopic (exact) mass is 252 g/mol. The van der Waals surface area contributed by atoms with E-state index < -0.39 is 0 Å². The summed E-state index contributed by atoms with van der Waals surface area (Å²) in [7, 11) is 0. The number of carbonyl (C=O) groups excluding carboxylic acids is 1. The number of rotatable bonds is 2. The second kappa shape index (κ2) is 4.61. The van der Waals surface area contributed by atoms with Gasteiger partial charge in [-0.05, 0) is 18.2 Å². The van der Waals surface area contributed by atoms with Crippen molar-refractivity contribution < 1.29 is 13.9 Å². The van der Waals surface area contributed by atoms with Crippen LogP contribution in [-0.2, 0) is 4.79 Å². The van der Waals surface area contributed by atoms with Gasteiger partial charge in [0, 0.05) is 12.5 Å². The summed E-state index contributed by atoms with van der Waals surface area (Å²) in [6.07, 6.45) is 0. The number of esters is 1. The first-order chi connectivity index (χ1) is 9.24. The van der Waals surface area contributed by atoms with Crippen LogP contribution in [-0.4, -0.2) is 5.97 Å². The predicted octanol–water partition coefficient (Wildman–Crippen LogP) is 4.03. The van der Waals surface area contributed by atoms with Gasteiger partial charge in [-0.1, -0.05) is 36.4 Å². The molecule has 0 N–H and O–H groups in total. The Kier molecular flexibility index (Phi) is 2.80. The largest absolute Gasteiger partial charge is 0.456 e. The zero-order valence-electron chi connectivity index (χ0n) is 10.4. The lowest BCUT2D eigenvalue weighted by Gasteiger charge is -2.00. The highest BCUT2D eigenvalue weighted by molar-refractivity contribution is 5.90. The molecular formula is C16H12O3. The van der Waals surface area contributed by atoms with E-state index in [9.17, 15) is 4.79 Å². The summed E-state index contributed by atoms with van der Waals surface area (Å²) in [4.78, 5) is 11.1. The Hall–Kier alpha value is -2.55. The van der Waals surface area contributed by atoms with Crippen molar-refractivity contribution in [3.8, 4) is 17.1 Å². The Labute approximate surface area is 110 Å². The number of fused-ring (bicyclic) bond motifs is 1. The standard InChI is InChI=1S/C16H12O3/c1-11(17)18-14-8-5-9-15-13(14)10-16(19-15)12-6-3-2-4-7-12/h2-10H,1H3. The van der Waals surface area contributed by atoms with Gasteiger partial charge in [0.2, 0.25) is 0 Å². The Morgan fingerprint density at radius 1 is 1.05 bits per heavy atom. The van der Waals surface area contributed by atoms with Crippen LogP contribution in [0, 0.1) is 0 Å². The van der Waals surface area contributed by atoms with E-state index in [0.29, 0.717) is 11.3 Å². The number of ether oxygens (including phenoxy) is 1. The smallest absolute Gasteiger partial charge is 0.308 e. The van der Waals surface area contributed by atoms with Gasteiger partial charge in [-0.15, -0.1) is 0 Å². The van der Waals surface area contributed by atoms with Crippen molar-refractivity contribution in [1.82, 2.24) is 0 Å². The molecule has 1 aromatic heterocycles. The zero-order valence-corrected chi connectivity index (χ0v) is 10.4. The minimum atomic E-state index is -0.338. The van der Waals surface area contributed by atoms with Crippen LogP contribution in [0.1, 0.15) is 6.92 Å². The van der Waals surface area contributed by atoms with Crippen molar-refractivity contribution in [2.75, 3.05) is 0 Å². The van der Waals surface area contributed by atoms with E-state index in [4.69, 9.17) is 9.15 Å². The van der Waals surface area contributed by atoms with Gasteiger partial charge in [-0.25, -0.2) is 0 Å². The molecule has 0 saturated carbocycles. The summed E-state index contributed by atoms with van der Waals surface area (Å²) >= 11 is 0. The Balaban J connectivity index is 2.13. The lowest BCUT2D eigenvalue weighted by Crippen LogP contribution is -2.01. The van der Waals surface area contributed by atoms with Gasteiger partial charge in [0.25, 0.3) is 0 Å². The van der Waals surface area contributed by atoms with Crippen LogP contribution in [0.4, 0.5) is 0 Å². The molecule has 1 heterocycles. The third-order valence-corrected chi connectivity index (χ3v) is 2.83. The first-order valence-electron chi connectivity index (χ1n) is 6.00. The third kappa shape index (κ3) is 2.22. The molecule has 19 heavy (non-hydrogen) atoms. The molecule has 0 aliphatic rings. The van der Waals surface area contributed by atoms with Gasteiger partial charge in [0.1, 0.15) is 17.1 Å². The summed E-state index contributed by atoms with van der Waals surface area (Å²) in [6.45, 7) is 1.39. The van der Waals surface area contributed by atoms with Gasteiger partial charge in [0.15, 0.2) is 0 Å². The Morgan fingerprint density at radius 3 is 2.58 bits per heavy atom. The second-order valence-corrected chi connectivity index (χ2v) is 4.24. The molecule has 3 heteroatoms. The van der Waals surface area contributed by atoms with Gasteiger partial charge in [-0.2, -0.15) is 0 Å². The first-order valence-corrected chi connectivity index (χ1v) is 6.00. The van der Waals surface area contributed by atoms with Crippen LogP contribution in [0.25, 0.3) is 22.3 Å². The minimum absolute atomic E-state index is 0.338. The van der Waals surface area contributed by atoms with Crippen LogP contribution < -0.4 is 4.74 Å². The highest BCUT2D eigenvalue weighted by Crippen LogP contribution is 2.33. The van der Waals surface area contributed by atoms with Crippen LogP contribution in [0.5, 0.6) is 5.75 Å².